The summed E-state index contributed by atoms with van der Waals surface area (Å²) in [5.41, 5.74) is -1.02. The van der Waals surface area contributed by atoms with E-state index < -0.39 is 22.7 Å². The molecule has 0 spiro atoms. The number of hydrogen-bond donors (Lipinski definition) is 1. The van der Waals surface area contributed by atoms with Crippen molar-refractivity contribution >= 4 is 23.2 Å². The van der Waals surface area contributed by atoms with Crippen molar-refractivity contribution in [2.45, 2.75) is 19.0 Å². The lowest BCUT2D eigenvalue weighted by atomic mass is 10.2. The monoisotopic (exact) mass is 276 g/mol. The van der Waals surface area contributed by atoms with E-state index >= 15 is 0 Å². The molecular formula is C11H8ClF3N2O. The second-order valence-corrected chi connectivity index (χ2v) is 3.81. The largest absolute Gasteiger partial charge is 0.417 e. The molecule has 0 saturated heterocycles. The Bertz CT molecular complexity index is 494. The van der Waals surface area contributed by atoms with Crippen molar-refractivity contribution in [3.63, 3.8) is 0 Å². The van der Waals surface area contributed by atoms with E-state index in [1.807, 2.05) is 0 Å². The summed E-state index contributed by atoms with van der Waals surface area (Å²) >= 11 is 5.43. The predicted molar refractivity (Wildman–Crippen MR) is 59.9 cm³/mol. The van der Waals surface area contributed by atoms with Gasteiger partial charge in [-0.15, -0.1) is 0 Å². The number of benzene rings is 1. The SMILES string of the molecule is N#CCCC(=O)Nc1ccc(Cl)c(C(F)(F)F)c1. The number of amides is 1. The lowest BCUT2D eigenvalue weighted by Crippen LogP contribution is -2.12. The molecule has 18 heavy (non-hydrogen) atoms. The molecule has 0 heterocycles. The molecule has 0 aliphatic carbocycles. The molecule has 1 amide bonds. The molecule has 0 aliphatic rings. The van der Waals surface area contributed by atoms with Crippen LogP contribution in [-0.2, 0) is 11.0 Å². The molecule has 96 valence electrons. The van der Waals surface area contributed by atoms with Crippen molar-refractivity contribution in [3.8, 4) is 6.07 Å². The summed E-state index contributed by atoms with van der Waals surface area (Å²) in [5, 5.41) is 10.1. The zero-order valence-electron chi connectivity index (χ0n) is 9.01. The van der Waals surface area contributed by atoms with Crippen molar-refractivity contribution in [2.24, 2.45) is 0 Å². The molecule has 0 unspecified atom stereocenters. The fraction of sp³-hybridized carbons (Fsp3) is 0.273. The molecule has 0 bridgehead atoms. The van der Waals surface area contributed by atoms with Crippen molar-refractivity contribution in [2.75, 3.05) is 5.32 Å². The summed E-state index contributed by atoms with van der Waals surface area (Å²) in [6.07, 6.45) is -4.64. The Morgan fingerprint density at radius 2 is 2.11 bits per heavy atom. The second-order valence-electron chi connectivity index (χ2n) is 3.40. The van der Waals surface area contributed by atoms with Gasteiger partial charge in [-0.1, -0.05) is 11.6 Å². The van der Waals surface area contributed by atoms with Gasteiger partial charge in [-0.05, 0) is 18.2 Å². The standard InChI is InChI=1S/C11H8ClF3N2O/c12-9-4-3-7(6-8(9)11(13,14)15)17-10(18)2-1-5-16/h3-4,6H,1-2H2,(H,17,18). The quantitative estimate of drug-likeness (QED) is 0.917. The van der Waals surface area contributed by atoms with E-state index in [2.05, 4.69) is 5.32 Å². The molecule has 0 saturated carbocycles. The topological polar surface area (TPSA) is 52.9 Å². The van der Waals surface area contributed by atoms with Gasteiger partial charge in [-0.2, -0.15) is 18.4 Å². The average Bonchev–Trinajstić information content (AvgIpc) is 2.27. The lowest BCUT2D eigenvalue weighted by Gasteiger charge is -2.11. The van der Waals surface area contributed by atoms with E-state index in [9.17, 15) is 18.0 Å². The van der Waals surface area contributed by atoms with Crippen LogP contribution in [0.5, 0.6) is 0 Å². The van der Waals surface area contributed by atoms with Gasteiger partial charge in [0.2, 0.25) is 5.91 Å². The van der Waals surface area contributed by atoms with Crippen LogP contribution in [0.4, 0.5) is 18.9 Å². The van der Waals surface area contributed by atoms with Crippen LogP contribution in [-0.4, -0.2) is 5.91 Å². The van der Waals surface area contributed by atoms with Crippen LogP contribution in [0, 0.1) is 11.3 Å². The predicted octanol–water partition coefficient (Wildman–Crippen LogP) is 3.60. The van der Waals surface area contributed by atoms with Gasteiger partial charge in [0, 0.05) is 18.5 Å². The first-order valence-electron chi connectivity index (χ1n) is 4.88. The number of alkyl halides is 3. The molecule has 3 nitrogen and oxygen atoms in total. The van der Waals surface area contributed by atoms with Crippen LogP contribution < -0.4 is 5.32 Å². The minimum Gasteiger partial charge on any atom is -0.326 e. The highest BCUT2D eigenvalue weighted by molar-refractivity contribution is 6.31. The Labute approximate surface area is 106 Å². The summed E-state index contributed by atoms with van der Waals surface area (Å²) in [6.45, 7) is 0. The third-order valence-corrected chi connectivity index (χ3v) is 2.35. The summed E-state index contributed by atoms with van der Waals surface area (Å²) in [7, 11) is 0. The summed E-state index contributed by atoms with van der Waals surface area (Å²) in [4.78, 5) is 11.2. The Balaban J connectivity index is 2.87. The van der Waals surface area contributed by atoms with E-state index in [1.165, 1.54) is 6.07 Å². The van der Waals surface area contributed by atoms with Gasteiger partial charge in [-0.3, -0.25) is 4.79 Å². The maximum Gasteiger partial charge on any atom is 0.417 e. The molecule has 0 aromatic heterocycles. The molecule has 0 fully saturated rings. The van der Waals surface area contributed by atoms with Crippen molar-refractivity contribution in [3.05, 3.63) is 28.8 Å². The van der Waals surface area contributed by atoms with Gasteiger partial charge in [0.05, 0.1) is 16.7 Å². The molecule has 7 heteroatoms. The number of hydrogen-bond acceptors (Lipinski definition) is 2. The maximum absolute atomic E-state index is 12.5. The number of anilines is 1. The van der Waals surface area contributed by atoms with Gasteiger partial charge < -0.3 is 5.32 Å². The summed E-state index contributed by atoms with van der Waals surface area (Å²) in [6, 6.07) is 4.85. The first-order valence-corrected chi connectivity index (χ1v) is 5.26. The van der Waals surface area contributed by atoms with Gasteiger partial charge >= 0.3 is 6.18 Å². The highest BCUT2D eigenvalue weighted by Crippen LogP contribution is 2.36. The van der Waals surface area contributed by atoms with Crippen molar-refractivity contribution in [1.82, 2.24) is 0 Å². The van der Waals surface area contributed by atoms with E-state index in [0.29, 0.717) is 0 Å². The van der Waals surface area contributed by atoms with Crippen molar-refractivity contribution in [1.29, 1.82) is 5.26 Å². The third-order valence-electron chi connectivity index (χ3n) is 2.02. The third kappa shape index (κ3) is 3.93. The maximum atomic E-state index is 12.5. The van der Waals surface area contributed by atoms with Crippen LogP contribution in [0.25, 0.3) is 0 Å². The number of nitriles is 1. The highest BCUT2D eigenvalue weighted by atomic mass is 35.5. The summed E-state index contributed by atoms with van der Waals surface area (Å²) in [5.74, 6) is -0.521. The molecule has 1 aromatic rings. The van der Waals surface area contributed by atoms with E-state index in [1.54, 1.807) is 6.07 Å². The Kier molecular flexibility index (Phi) is 4.56. The minimum atomic E-state index is -4.58. The van der Waals surface area contributed by atoms with Crippen LogP contribution in [0.2, 0.25) is 5.02 Å². The zero-order chi connectivity index (χ0) is 13.8. The lowest BCUT2D eigenvalue weighted by molar-refractivity contribution is -0.137. The van der Waals surface area contributed by atoms with Crippen LogP contribution in [0.15, 0.2) is 18.2 Å². The number of nitrogens with one attached hydrogen (secondary N) is 1. The smallest absolute Gasteiger partial charge is 0.326 e. The van der Waals surface area contributed by atoms with E-state index in [4.69, 9.17) is 16.9 Å². The molecular weight excluding hydrogens is 269 g/mol. The number of carbonyl (C=O) groups is 1. The fourth-order valence-corrected chi connectivity index (χ4v) is 1.44. The van der Waals surface area contributed by atoms with Crippen LogP contribution in [0.3, 0.4) is 0 Å². The first kappa shape index (κ1) is 14.3. The first-order chi connectivity index (χ1) is 8.34. The molecule has 0 radical (unpaired) electrons. The summed E-state index contributed by atoms with van der Waals surface area (Å²) < 4.78 is 37.6. The molecule has 1 rings (SSSR count). The van der Waals surface area contributed by atoms with Gasteiger partial charge in [0.1, 0.15) is 0 Å². The van der Waals surface area contributed by atoms with E-state index in [-0.39, 0.29) is 18.5 Å². The Morgan fingerprint density at radius 3 is 2.67 bits per heavy atom. The van der Waals surface area contributed by atoms with Crippen LogP contribution >= 0.6 is 11.6 Å². The molecule has 0 aliphatic heterocycles. The fourth-order valence-electron chi connectivity index (χ4n) is 1.21. The minimum absolute atomic E-state index is 0.00494. The second kappa shape index (κ2) is 5.74. The molecule has 0 atom stereocenters. The van der Waals surface area contributed by atoms with E-state index in [0.717, 1.165) is 12.1 Å². The average molecular weight is 277 g/mol. The van der Waals surface area contributed by atoms with Gasteiger partial charge in [0.25, 0.3) is 0 Å². The zero-order valence-corrected chi connectivity index (χ0v) is 9.77. The normalized spacial score (nSPS) is 10.8. The highest BCUT2D eigenvalue weighted by Gasteiger charge is 2.33. The molecule has 1 N–H and O–H groups in total. The number of rotatable bonds is 3. The van der Waals surface area contributed by atoms with Crippen molar-refractivity contribution < 1.29 is 18.0 Å². The van der Waals surface area contributed by atoms with Gasteiger partial charge in [-0.25, -0.2) is 0 Å². The van der Waals surface area contributed by atoms with Crippen LogP contribution in [0.1, 0.15) is 18.4 Å². The number of nitrogens with zero attached hydrogens (tertiary/aromatic N) is 1. The Hall–Kier alpha value is -1.74. The number of carbonyl (C=O) groups excluding carboxylic acids is 1. The Morgan fingerprint density at radius 1 is 1.44 bits per heavy atom. The number of halogens is 4. The molecule has 1 aromatic carbocycles. The van der Waals surface area contributed by atoms with Gasteiger partial charge in [0.15, 0.2) is 0 Å².